The van der Waals surface area contributed by atoms with Gasteiger partial charge in [-0.05, 0) is 12.8 Å². The van der Waals surface area contributed by atoms with E-state index in [9.17, 15) is 0 Å². The van der Waals surface area contributed by atoms with Gasteiger partial charge in [0, 0.05) is 6.61 Å². The van der Waals surface area contributed by atoms with E-state index in [0.29, 0.717) is 6.10 Å². The van der Waals surface area contributed by atoms with Gasteiger partial charge in [0.2, 0.25) is 0 Å². The van der Waals surface area contributed by atoms with E-state index in [2.05, 4.69) is 5.73 Å². The highest BCUT2D eigenvalue weighted by molar-refractivity contribution is 4.60. The second-order valence-electron chi connectivity index (χ2n) is 1.92. The predicted octanol–water partition coefficient (Wildman–Crippen LogP) is -0.593. The van der Waals surface area contributed by atoms with Crippen LogP contribution in [0.2, 0.25) is 0 Å². The first-order valence-electron chi connectivity index (χ1n) is 2.84. The van der Waals surface area contributed by atoms with Crippen molar-refractivity contribution in [2.75, 3.05) is 13.2 Å². The molecule has 0 spiro atoms. The molecule has 0 aromatic heterocycles. The molecule has 1 aliphatic heterocycles. The van der Waals surface area contributed by atoms with Crippen LogP contribution in [0.3, 0.4) is 0 Å². The normalized spacial score (nSPS) is 31.3. The third kappa shape index (κ3) is 1.14. The Balaban J connectivity index is 2.14. The standard InChI is InChI=1S/C5H11NO/c6-4-5-2-1-3-7-5/h5H,1-4,6H2/p+1/t5-/m1/s1. The van der Waals surface area contributed by atoms with Crippen LogP contribution in [0.5, 0.6) is 0 Å². The molecule has 1 rings (SSSR count). The lowest BCUT2D eigenvalue weighted by atomic mass is 10.2. The average molecular weight is 102 g/mol. The molecule has 0 amide bonds. The van der Waals surface area contributed by atoms with E-state index in [-0.39, 0.29) is 0 Å². The SMILES string of the molecule is [NH3+]C[C@H]1CCCO1. The minimum atomic E-state index is 0.486. The maximum Gasteiger partial charge on any atom is 0.106 e. The Kier molecular flexibility index (Phi) is 1.65. The molecule has 1 saturated heterocycles. The van der Waals surface area contributed by atoms with Crippen molar-refractivity contribution in [3.63, 3.8) is 0 Å². The van der Waals surface area contributed by atoms with Crippen LogP contribution in [0.1, 0.15) is 12.8 Å². The van der Waals surface area contributed by atoms with Crippen LogP contribution in [-0.2, 0) is 4.74 Å². The largest absolute Gasteiger partial charge is 0.372 e. The van der Waals surface area contributed by atoms with Gasteiger partial charge in [-0.2, -0.15) is 0 Å². The number of quaternary nitrogens is 1. The highest BCUT2D eigenvalue weighted by Crippen LogP contribution is 2.08. The molecule has 42 valence electrons. The molecule has 2 nitrogen and oxygen atoms in total. The summed E-state index contributed by atoms with van der Waals surface area (Å²) in [5.74, 6) is 0. The Morgan fingerprint density at radius 2 is 2.57 bits per heavy atom. The lowest BCUT2D eigenvalue weighted by molar-refractivity contribution is -0.383. The van der Waals surface area contributed by atoms with Crippen molar-refractivity contribution in [2.45, 2.75) is 18.9 Å². The molecule has 1 aliphatic rings. The van der Waals surface area contributed by atoms with Crippen LogP contribution in [0.15, 0.2) is 0 Å². The topological polar surface area (TPSA) is 36.9 Å². The minimum absolute atomic E-state index is 0.486. The Morgan fingerprint density at radius 1 is 1.71 bits per heavy atom. The molecule has 0 bridgehead atoms. The maximum atomic E-state index is 5.24. The van der Waals surface area contributed by atoms with Gasteiger partial charge in [-0.15, -0.1) is 0 Å². The molecule has 2 heteroatoms. The highest BCUT2D eigenvalue weighted by atomic mass is 16.5. The Morgan fingerprint density at radius 3 is 2.86 bits per heavy atom. The molecule has 1 fully saturated rings. The van der Waals surface area contributed by atoms with E-state index in [1.54, 1.807) is 0 Å². The summed E-state index contributed by atoms with van der Waals surface area (Å²) in [7, 11) is 0. The fraction of sp³-hybridized carbons (Fsp3) is 1.00. The van der Waals surface area contributed by atoms with Gasteiger partial charge in [-0.1, -0.05) is 0 Å². The van der Waals surface area contributed by atoms with E-state index >= 15 is 0 Å². The van der Waals surface area contributed by atoms with Crippen molar-refractivity contribution >= 4 is 0 Å². The molecule has 0 aromatic carbocycles. The Hall–Kier alpha value is -0.0800. The zero-order chi connectivity index (χ0) is 5.11. The summed E-state index contributed by atoms with van der Waals surface area (Å²) < 4.78 is 5.24. The Bertz CT molecular complexity index is 50.0. The molecule has 0 radical (unpaired) electrons. The molecular formula is C5H12NO+. The van der Waals surface area contributed by atoms with Crippen molar-refractivity contribution in [1.29, 1.82) is 0 Å². The number of ether oxygens (including phenoxy) is 1. The number of rotatable bonds is 1. The second-order valence-corrected chi connectivity index (χ2v) is 1.92. The van der Waals surface area contributed by atoms with Crippen LogP contribution in [-0.4, -0.2) is 19.3 Å². The summed E-state index contributed by atoms with van der Waals surface area (Å²) in [6.07, 6.45) is 2.95. The van der Waals surface area contributed by atoms with Crippen LogP contribution in [0.4, 0.5) is 0 Å². The van der Waals surface area contributed by atoms with Crippen LogP contribution >= 0.6 is 0 Å². The summed E-state index contributed by atoms with van der Waals surface area (Å²) in [5, 5.41) is 0. The highest BCUT2D eigenvalue weighted by Gasteiger charge is 2.13. The van der Waals surface area contributed by atoms with Crippen molar-refractivity contribution in [1.82, 2.24) is 0 Å². The van der Waals surface area contributed by atoms with Gasteiger partial charge in [0.25, 0.3) is 0 Å². The lowest BCUT2D eigenvalue weighted by Gasteiger charge is -1.98. The maximum absolute atomic E-state index is 5.24. The molecule has 0 saturated carbocycles. The first-order valence-corrected chi connectivity index (χ1v) is 2.84. The average Bonchev–Trinajstić information content (AvgIpc) is 2.14. The molecule has 0 aliphatic carbocycles. The van der Waals surface area contributed by atoms with Crippen molar-refractivity contribution in [3.8, 4) is 0 Å². The van der Waals surface area contributed by atoms with Gasteiger partial charge >= 0.3 is 0 Å². The van der Waals surface area contributed by atoms with E-state index in [1.165, 1.54) is 12.8 Å². The molecular weight excluding hydrogens is 90.1 g/mol. The minimum Gasteiger partial charge on any atom is -0.372 e. The summed E-state index contributed by atoms with van der Waals surface area (Å²) in [4.78, 5) is 0. The van der Waals surface area contributed by atoms with E-state index in [4.69, 9.17) is 4.74 Å². The van der Waals surface area contributed by atoms with Crippen molar-refractivity contribution in [3.05, 3.63) is 0 Å². The smallest absolute Gasteiger partial charge is 0.106 e. The van der Waals surface area contributed by atoms with E-state index < -0.39 is 0 Å². The van der Waals surface area contributed by atoms with Crippen molar-refractivity contribution in [2.24, 2.45) is 0 Å². The fourth-order valence-electron chi connectivity index (χ4n) is 0.872. The molecule has 0 unspecified atom stereocenters. The fourth-order valence-corrected chi connectivity index (χ4v) is 0.872. The zero-order valence-corrected chi connectivity index (χ0v) is 4.52. The number of hydrogen-bond acceptors (Lipinski definition) is 1. The molecule has 0 aromatic rings. The lowest BCUT2D eigenvalue weighted by Crippen LogP contribution is -2.55. The predicted molar refractivity (Wildman–Crippen MR) is 26.7 cm³/mol. The third-order valence-corrected chi connectivity index (χ3v) is 1.35. The van der Waals surface area contributed by atoms with Gasteiger partial charge in [-0.25, -0.2) is 0 Å². The molecule has 3 N–H and O–H groups in total. The third-order valence-electron chi connectivity index (χ3n) is 1.35. The zero-order valence-electron chi connectivity index (χ0n) is 4.52. The first-order chi connectivity index (χ1) is 3.43. The molecule has 1 heterocycles. The molecule has 1 atom stereocenters. The second kappa shape index (κ2) is 2.28. The van der Waals surface area contributed by atoms with E-state index in [0.717, 1.165) is 13.2 Å². The van der Waals surface area contributed by atoms with E-state index in [1.807, 2.05) is 0 Å². The van der Waals surface area contributed by atoms with Gasteiger partial charge in [-0.3, -0.25) is 0 Å². The number of hydrogen-bond donors (Lipinski definition) is 1. The van der Waals surface area contributed by atoms with Crippen molar-refractivity contribution < 1.29 is 10.5 Å². The summed E-state index contributed by atoms with van der Waals surface area (Å²) in [6.45, 7) is 1.90. The summed E-state index contributed by atoms with van der Waals surface area (Å²) in [5.41, 5.74) is 3.74. The van der Waals surface area contributed by atoms with Gasteiger partial charge in [0.15, 0.2) is 0 Å². The monoisotopic (exact) mass is 102 g/mol. The summed E-state index contributed by atoms with van der Waals surface area (Å²) >= 11 is 0. The van der Waals surface area contributed by atoms with Crippen LogP contribution in [0.25, 0.3) is 0 Å². The Labute approximate surface area is 43.6 Å². The quantitative estimate of drug-likeness (QED) is 0.472. The van der Waals surface area contributed by atoms with Crippen LogP contribution < -0.4 is 5.73 Å². The van der Waals surface area contributed by atoms with Gasteiger partial charge in [0.05, 0.1) is 0 Å². The summed E-state index contributed by atoms with van der Waals surface area (Å²) in [6, 6.07) is 0. The van der Waals surface area contributed by atoms with Gasteiger partial charge in [0.1, 0.15) is 12.6 Å². The first kappa shape index (κ1) is 5.06. The molecule has 7 heavy (non-hydrogen) atoms. The van der Waals surface area contributed by atoms with Crippen LogP contribution in [0, 0.1) is 0 Å². The van der Waals surface area contributed by atoms with Gasteiger partial charge < -0.3 is 10.5 Å².